The van der Waals surface area contributed by atoms with Gasteiger partial charge in [0.15, 0.2) is 11.8 Å². The summed E-state index contributed by atoms with van der Waals surface area (Å²) in [7, 11) is -1.98. The summed E-state index contributed by atoms with van der Waals surface area (Å²) in [6.07, 6.45) is 16.2. The standard InChI is InChI=1S/C46H56Cl2N4O6S/c1-5-6-7-8-9-10-11-12-13-14-15-16-17-22-29-59(57,58)50-33-27-28-38(48)39(30-33)49-44(54)42(52-45(55)34-23-18-19-24-35(34)46(52)56)43(53)41-32(3)51(4)31(2)40(41)36-25-20-21-26-37(36)47/h18-21,23-28,30,42,50H,5-17,22,29H2,1-4H3,(H,49,54). The van der Waals surface area contributed by atoms with Crippen molar-refractivity contribution in [2.24, 2.45) is 7.05 Å². The molecule has 3 aromatic carbocycles. The van der Waals surface area contributed by atoms with Crippen molar-refractivity contribution in [2.75, 3.05) is 15.8 Å². The first-order valence-electron chi connectivity index (χ1n) is 20.8. The summed E-state index contributed by atoms with van der Waals surface area (Å²) in [5.74, 6) is -3.51. The van der Waals surface area contributed by atoms with Crippen molar-refractivity contribution >= 4 is 68.1 Å². The lowest BCUT2D eigenvalue weighted by Crippen LogP contribution is -2.52. The second kappa shape index (κ2) is 21.2. The van der Waals surface area contributed by atoms with Crippen molar-refractivity contribution in [3.63, 3.8) is 0 Å². The molecule has 0 fully saturated rings. The number of halogens is 2. The number of nitrogens with zero attached hydrogens (tertiary/aromatic N) is 2. The first kappa shape index (κ1) is 45.6. The van der Waals surface area contributed by atoms with E-state index in [1.54, 1.807) is 54.9 Å². The van der Waals surface area contributed by atoms with E-state index >= 15 is 0 Å². The third kappa shape index (κ3) is 11.2. The van der Waals surface area contributed by atoms with Gasteiger partial charge in [0.05, 0.1) is 33.3 Å². The minimum atomic E-state index is -3.74. The number of ketones is 1. The maximum Gasteiger partial charge on any atom is 0.262 e. The number of carbonyl (C=O) groups excluding carboxylic acids is 4. The maximum atomic E-state index is 14.9. The van der Waals surface area contributed by atoms with Crippen LogP contribution in [0.1, 0.15) is 139 Å². The largest absolute Gasteiger partial charge is 0.351 e. The molecule has 2 heterocycles. The molecule has 5 rings (SSSR count). The van der Waals surface area contributed by atoms with Crippen LogP contribution in [-0.2, 0) is 21.9 Å². The van der Waals surface area contributed by atoms with Gasteiger partial charge in [-0.25, -0.2) is 8.42 Å². The maximum absolute atomic E-state index is 14.9. The van der Waals surface area contributed by atoms with Gasteiger partial charge in [0, 0.05) is 40.1 Å². The predicted molar refractivity (Wildman–Crippen MR) is 238 cm³/mol. The summed E-state index contributed by atoms with van der Waals surface area (Å²) < 4.78 is 30.6. The molecule has 1 aliphatic heterocycles. The van der Waals surface area contributed by atoms with E-state index in [9.17, 15) is 27.6 Å². The highest BCUT2D eigenvalue weighted by Crippen LogP contribution is 2.38. The smallest absolute Gasteiger partial charge is 0.262 e. The Morgan fingerprint density at radius 1 is 0.678 bits per heavy atom. The van der Waals surface area contributed by atoms with Crippen LogP contribution in [0.3, 0.4) is 0 Å². The quantitative estimate of drug-likeness (QED) is 0.0330. The number of unbranched alkanes of at least 4 members (excludes halogenated alkanes) is 13. The molecule has 0 spiro atoms. The number of hydrogen-bond donors (Lipinski definition) is 2. The second-order valence-electron chi connectivity index (χ2n) is 15.5. The van der Waals surface area contributed by atoms with Gasteiger partial charge >= 0.3 is 0 Å². The highest BCUT2D eigenvalue weighted by atomic mass is 35.5. The number of anilines is 2. The lowest BCUT2D eigenvalue weighted by atomic mass is 9.93. The molecular formula is C46H56Cl2N4O6S. The molecule has 0 aliphatic carbocycles. The van der Waals surface area contributed by atoms with Crippen LogP contribution in [0.15, 0.2) is 66.7 Å². The van der Waals surface area contributed by atoms with E-state index < -0.39 is 39.6 Å². The van der Waals surface area contributed by atoms with Crippen LogP contribution in [0, 0.1) is 13.8 Å². The molecule has 0 saturated carbocycles. The molecule has 4 aromatic rings. The topological polar surface area (TPSA) is 135 Å². The van der Waals surface area contributed by atoms with Crippen molar-refractivity contribution in [1.29, 1.82) is 0 Å². The Labute approximate surface area is 359 Å². The van der Waals surface area contributed by atoms with E-state index in [0.29, 0.717) is 38.9 Å². The first-order chi connectivity index (χ1) is 28.3. The number of imide groups is 1. The minimum Gasteiger partial charge on any atom is -0.351 e. The van der Waals surface area contributed by atoms with E-state index in [4.69, 9.17) is 23.2 Å². The predicted octanol–water partition coefficient (Wildman–Crippen LogP) is 11.3. The summed E-state index contributed by atoms with van der Waals surface area (Å²) in [5, 5.41) is 3.05. The molecule has 10 nitrogen and oxygen atoms in total. The van der Waals surface area contributed by atoms with Gasteiger partial charge in [-0.1, -0.05) is 144 Å². The van der Waals surface area contributed by atoms with Crippen LogP contribution in [0.4, 0.5) is 11.4 Å². The van der Waals surface area contributed by atoms with Crippen LogP contribution in [0.2, 0.25) is 10.0 Å². The minimum absolute atomic E-state index is 0.0185. The van der Waals surface area contributed by atoms with Crippen LogP contribution in [0.5, 0.6) is 0 Å². The van der Waals surface area contributed by atoms with Crippen molar-refractivity contribution < 1.29 is 27.6 Å². The molecule has 13 heteroatoms. The molecule has 0 bridgehead atoms. The Morgan fingerprint density at radius 2 is 1.19 bits per heavy atom. The Balaban J connectivity index is 1.28. The number of sulfonamides is 1. The number of aromatic nitrogens is 1. The Morgan fingerprint density at radius 3 is 1.73 bits per heavy atom. The number of fused-ring (bicyclic) bond motifs is 1. The molecule has 59 heavy (non-hydrogen) atoms. The number of benzene rings is 3. The van der Waals surface area contributed by atoms with E-state index in [-0.39, 0.29) is 38.8 Å². The third-order valence-electron chi connectivity index (χ3n) is 11.2. The highest BCUT2D eigenvalue weighted by molar-refractivity contribution is 7.92. The second-order valence-corrected chi connectivity index (χ2v) is 18.1. The highest BCUT2D eigenvalue weighted by Gasteiger charge is 2.47. The molecule has 3 amide bonds. The van der Waals surface area contributed by atoms with Gasteiger partial charge in [-0.05, 0) is 56.7 Å². The average Bonchev–Trinajstić information content (AvgIpc) is 3.59. The Kier molecular flexibility index (Phi) is 16.4. The van der Waals surface area contributed by atoms with Crippen molar-refractivity contribution in [3.05, 3.63) is 105 Å². The van der Waals surface area contributed by atoms with Gasteiger partial charge in [0.25, 0.3) is 17.7 Å². The number of nitrogens with one attached hydrogen (secondary N) is 2. The summed E-state index contributed by atoms with van der Waals surface area (Å²) in [6.45, 7) is 5.76. The SMILES string of the molecule is CCCCCCCCCCCCCCCCS(=O)(=O)Nc1ccc(Cl)c(NC(=O)C(C(=O)c2c(-c3ccccc3Cl)c(C)n(C)c2C)N2C(=O)c3ccccc3C2=O)c1. The zero-order valence-electron chi connectivity index (χ0n) is 34.5. The third-order valence-corrected chi connectivity index (χ3v) is 13.2. The molecular weight excluding hydrogens is 808 g/mol. The van der Waals surface area contributed by atoms with E-state index in [1.165, 1.54) is 88.1 Å². The Bertz CT molecular complexity index is 2240. The van der Waals surface area contributed by atoms with Gasteiger partial charge in [-0.2, -0.15) is 0 Å². The molecule has 1 aliphatic rings. The lowest BCUT2D eigenvalue weighted by molar-refractivity contribution is -0.118. The molecule has 1 atom stereocenters. The number of Topliss-reactive ketones (excluding diaryl/α,β-unsaturated/α-hetero) is 1. The zero-order valence-corrected chi connectivity index (χ0v) is 36.9. The number of rotatable bonds is 23. The number of carbonyl (C=O) groups is 4. The zero-order chi connectivity index (χ0) is 42.7. The van der Waals surface area contributed by atoms with Crippen LogP contribution in [-0.4, -0.2) is 53.2 Å². The summed E-state index contributed by atoms with van der Waals surface area (Å²) in [6, 6.07) is 15.4. The average molecular weight is 864 g/mol. The van der Waals surface area contributed by atoms with Crippen molar-refractivity contribution in [2.45, 2.75) is 117 Å². The molecule has 1 aromatic heterocycles. The van der Waals surface area contributed by atoms with Crippen LogP contribution < -0.4 is 10.0 Å². The fourth-order valence-electron chi connectivity index (χ4n) is 7.78. The Hall–Kier alpha value is -4.45. The molecule has 316 valence electrons. The van der Waals surface area contributed by atoms with Crippen molar-refractivity contribution in [3.8, 4) is 11.1 Å². The summed E-state index contributed by atoms with van der Waals surface area (Å²) >= 11 is 13.2. The number of hydrogen-bond acceptors (Lipinski definition) is 6. The molecule has 2 N–H and O–H groups in total. The van der Waals surface area contributed by atoms with Gasteiger partial charge in [-0.3, -0.25) is 28.8 Å². The van der Waals surface area contributed by atoms with Gasteiger partial charge < -0.3 is 9.88 Å². The molecule has 0 radical (unpaired) electrons. The first-order valence-corrected chi connectivity index (χ1v) is 23.2. The lowest BCUT2D eigenvalue weighted by Gasteiger charge is -2.25. The van der Waals surface area contributed by atoms with Gasteiger partial charge in [-0.15, -0.1) is 0 Å². The van der Waals surface area contributed by atoms with E-state index in [0.717, 1.165) is 25.7 Å². The number of amides is 3. The summed E-state index contributed by atoms with van der Waals surface area (Å²) in [5.41, 5.74) is 2.53. The fraction of sp³-hybridized carbons (Fsp3) is 0.435. The monoisotopic (exact) mass is 862 g/mol. The van der Waals surface area contributed by atoms with Crippen LogP contribution >= 0.6 is 23.2 Å². The van der Waals surface area contributed by atoms with E-state index in [1.807, 2.05) is 6.92 Å². The van der Waals surface area contributed by atoms with Gasteiger partial charge in [0.1, 0.15) is 0 Å². The fourth-order valence-corrected chi connectivity index (χ4v) is 9.35. The van der Waals surface area contributed by atoms with E-state index in [2.05, 4.69) is 17.0 Å². The van der Waals surface area contributed by atoms with Gasteiger partial charge in [0.2, 0.25) is 10.0 Å². The van der Waals surface area contributed by atoms with Crippen molar-refractivity contribution in [1.82, 2.24) is 9.47 Å². The summed E-state index contributed by atoms with van der Waals surface area (Å²) in [4.78, 5) is 57.8. The molecule has 0 saturated heterocycles. The van der Waals surface area contributed by atoms with Crippen LogP contribution in [0.25, 0.3) is 11.1 Å². The normalized spacial score (nSPS) is 13.2. The molecule has 1 unspecified atom stereocenters.